The van der Waals surface area contributed by atoms with Crippen LogP contribution in [0.3, 0.4) is 0 Å². The highest BCUT2D eigenvalue weighted by Gasteiger charge is 2.45. The number of benzene rings is 15. The summed E-state index contributed by atoms with van der Waals surface area (Å²) in [5.74, 6) is -0.546. The minimum absolute atomic E-state index is 0.0102. The maximum Gasteiger partial charge on any atom is 0.0645 e. The van der Waals surface area contributed by atoms with Crippen LogP contribution in [0.1, 0.15) is 218 Å². The Morgan fingerprint density at radius 3 is 1.09 bits per heavy atom. The maximum absolute atomic E-state index is 10.1. The quantitative estimate of drug-likeness (QED) is 0.151. The lowest BCUT2D eigenvalue weighted by Gasteiger charge is -2.46. The monoisotopic (exact) mass is 1650 g/mol. The number of fused-ring (bicyclic) bond motifs is 16. The third-order valence-electron chi connectivity index (χ3n) is 26.9. The standard InChI is InChI=1S/C119H113N5S/c1-113(2,3)75-47-54-98-92(62-75)93-63-76(114(4,5)6)48-55-99(93)121(98)83-69-106-109-107(70-83)124(110-90(71-34-24-22-25-35-71)66-81(119(19,20)21)67-91(110)72-36-26-23-27-37-72)104-60-73(74-58-79(117(13,14)15)61-80(59-74)118(16,17)18)46-52-88(104)108(109)89-53-51-82(120-96-42-30-28-38-84(96)85-39-29-31-43-97(85)120)68-105(89)123(106)103-45-33-41-87-86-40-32-44-102(111(86)125-112(87)103)122-100-56-49-77(115(7,8)9)64-94(100)95-65-78(116(10,11)12)50-57-101(95)122/h22-70,108H,1-21H3/i28D,29D,30D,31D,38D,39D,42D,43D. The second-order valence-corrected chi connectivity index (χ2v) is 43.5. The number of para-hydroxylation sites is 2. The van der Waals surface area contributed by atoms with Gasteiger partial charge in [-0.2, -0.15) is 0 Å². The molecule has 0 fully saturated rings. The van der Waals surface area contributed by atoms with Gasteiger partial charge in [0.05, 0.1) is 99.0 Å². The first kappa shape index (κ1) is 70.9. The van der Waals surface area contributed by atoms with Gasteiger partial charge in [-0.1, -0.05) is 327 Å². The van der Waals surface area contributed by atoms with E-state index < -0.39 is 42.2 Å². The summed E-state index contributed by atoms with van der Waals surface area (Å²) in [7, 11) is 0. The molecule has 5 nitrogen and oxygen atoms in total. The molecular weight excluding hydrogens is 1530 g/mol. The van der Waals surface area contributed by atoms with Crippen molar-refractivity contribution in [1.82, 2.24) is 13.7 Å². The van der Waals surface area contributed by atoms with Gasteiger partial charge >= 0.3 is 0 Å². The Labute approximate surface area is 753 Å². The van der Waals surface area contributed by atoms with Gasteiger partial charge in [-0.05, 0) is 225 Å². The first-order valence-corrected chi connectivity index (χ1v) is 45.2. The number of aromatic nitrogens is 3. The molecule has 0 amide bonds. The number of hydrogen-bond donors (Lipinski definition) is 0. The summed E-state index contributed by atoms with van der Waals surface area (Å²) in [6, 6.07) is 91.0. The molecule has 6 heterocycles. The summed E-state index contributed by atoms with van der Waals surface area (Å²) in [6.07, 6.45) is 0. The highest BCUT2D eigenvalue weighted by atomic mass is 32.1. The van der Waals surface area contributed by atoms with Gasteiger partial charge in [0, 0.05) is 71.4 Å². The van der Waals surface area contributed by atoms with Crippen molar-refractivity contribution in [2.75, 3.05) is 9.80 Å². The SMILES string of the molecule is [2H]c1c([2H])c([2H])c2c(c1[2H])c1c([2H])c([2H])c([2H])c([2H])c1n2-c1ccc2c(c1)N(c1cccc3c1sc1c(-n4c5ccc(C(C)(C)C)cc5c5cc(C(C)(C)C)ccc54)cccc13)c1cc(-n3c4ccc(C(C)(C)C)cc4c4cc(C(C)(C)C)ccc43)cc3c1C2c1ccc(-c2cc(C(C)(C)C)cc(C(C)(C)C)c2)cc1N3c1c(-c2ccccc2)cc(C(C)(C)C)cc1-c1ccccc1. The molecule has 15 aromatic carbocycles. The van der Waals surface area contributed by atoms with Crippen molar-refractivity contribution in [2.45, 2.75) is 189 Å². The Hall–Kier alpha value is -12.5. The van der Waals surface area contributed by atoms with E-state index in [2.05, 4.69) is 407 Å². The van der Waals surface area contributed by atoms with E-state index >= 15 is 0 Å². The van der Waals surface area contributed by atoms with Crippen molar-refractivity contribution in [3.63, 3.8) is 0 Å². The zero-order valence-corrected chi connectivity index (χ0v) is 76.7. The third kappa shape index (κ3) is 12.9. The Balaban J connectivity index is 0.968. The Morgan fingerprint density at radius 2 is 0.632 bits per heavy atom. The lowest BCUT2D eigenvalue weighted by atomic mass is 9.74. The predicted octanol–water partition coefficient (Wildman–Crippen LogP) is 34.2. The van der Waals surface area contributed by atoms with Crippen molar-refractivity contribution in [1.29, 1.82) is 0 Å². The second-order valence-electron chi connectivity index (χ2n) is 42.5. The molecule has 2 aliphatic heterocycles. The molecular formula is C119H113N5S. The third-order valence-corrected chi connectivity index (χ3v) is 28.2. The summed E-state index contributed by atoms with van der Waals surface area (Å²) in [6.45, 7) is 48.3. The Kier molecular flexibility index (Phi) is 15.9. The number of anilines is 6. The summed E-state index contributed by atoms with van der Waals surface area (Å²) in [5.41, 5.74) is 29.0. The van der Waals surface area contributed by atoms with Crippen molar-refractivity contribution in [3.8, 4) is 50.4 Å². The lowest BCUT2D eigenvalue weighted by Crippen LogP contribution is -2.30. The van der Waals surface area contributed by atoms with Crippen LogP contribution in [0.2, 0.25) is 0 Å². The lowest BCUT2D eigenvalue weighted by molar-refractivity contribution is 0.569. The summed E-state index contributed by atoms with van der Waals surface area (Å²) in [4.78, 5) is 5.14. The van der Waals surface area contributed by atoms with Gasteiger partial charge in [-0.3, -0.25) is 0 Å². The fourth-order valence-corrected chi connectivity index (χ4v) is 21.1. The van der Waals surface area contributed by atoms with Crippen LogP contribution in [0.5, 0.6) is 0 Å². The predicted molar refractivity (Wildman–Crippen MR) is 540 cm³/mol. The fraction of sp³-hybridized carbons (Fsp3) is 0.244. The number of nitrogens with zero attached hydrogens (tertiary/aromatic N) is 5. The average Bonchev–Trinajstić information content (AvgIpc) is 1.58. The molecule has 0 N–H and O–H groups in total. The van der Waals surface area contributed by atoms with Crippen LogP contribution in [0, 0.1) is 0 Å². The van der Waals surface area contributed by atoms with Gasteiger partial charge in [0.2, 0.25) is 0 Å². The number of hydrogen-bond acceptors (Lipinski definition) is 3. The average molecular weight is 1650 g/mol. The topological polar surface area (TPSA) is 21.3 Å². The van der Waals surface area contributed by atoms with E-state index in [-0.39, 0.29) is 71.8 Å². The van der Waals surface area contributed by atoms with Gasteiger partial charge in [-0.15, -0.1) is 11.3 Å². The zero-order chi connectivity index (χ0) is 94.0. The maximum atomic E-state index is 10.1. The molecule has 0 aliphatic carbocycles. The van der Waals surface area contributed by atoms with Crippen LogP contribution in [-0.2, 0) is 37.9 Å². The molecule has 125 heavy (non-hydrogen) atoms. The molecule has 21 rings (SSSR count). The van der Waals surface area contributed by atoms with Gasteiger partial charge in [0.25, 0.3) is 0 Å². The molecule has 0 saturated heterocycles. The van der Waals surface area contributed by atoms with Gasteiger partial charge < -0.3 is 23.5 Å². The van der Waals surface area contributed by atoms with Crippen LogP contribution < -0.4 is 9.80 Å². The van der Waals surface area contributed by atoms with E-state index in [9.17, 15) is 11.0 Å². The molecule has 4 aromatic heterocycles. The first-order valence-electron chi connectivity index (χ1n) is 48.4. The van der Waals surface area contributed by atoms with Gasteiger partial charge in [0.1, 0.15) is 0 Å². The summed E-state index contributed by atoms with van der Waals surface area (Å²) in [5, 5.41) is 6.84. The molecule has 1 atom stereocenters. The zero-order valence-electron chi connectivity index (χ0n) is 83.9. The molecule has 2 aliphatic rings. The van der Waals surface area contributed by atoms with Crippen molar-refractivity contribution < 1.29 is 11.0 Å². The van der Waals surface area contributed by atoms with E-state index in [1.165, 1.54) is 49.7 Å². The highest BCUT2D eigenvalue weighted by Crippen LogP contribution is 2.65. The minimum Gasteiger partial charge on any atom is -0.309 e. The van der Waals surface area contributed by atoms with Crippen molar-refractivity contribution in [3.05, 3.63) is 353 Å². The van der Waals surface area contributed by atoms with E-state index in [0.29, 0.717) is 5.69 Å². The number of thiophene rings is 1. The highest BCUT2D eigenvalue weighted by molar-refractivity contribution is 7.26. The van der Waals surface area contributed by atoms with Crippen LogP contribution in [-0.4, -0.2) is 13.7 Å². The molecule has 6 heteroatoms. The second kappa shape index (κ2) is 28.0. The van der Waals surface area contributed by atoms with Crippen molar-refractivity contribution >= 4 is 131 Å². The molecule has 1 unspecified atom stereocenters. The minimum atomic E-state index is -0.546. The molecule has 19 aromatic rings. The van der Waals surface area contributed by atoms with E-state index in [1.54, 1.807) is 15.9 Å². The van der Waals surface area contributed by atoms with Gasteiger partial charge in [0.15, 0.2) is 0 Å². The molecule has 0 bridgehead atoms. The molecule has 0 saturated carbocycles. The molecule has 0 spiro atoms. The summed E-state index contributed by atoms with van der Waals surface area (Å²) >= 11 is 1.78. The van der Waals surface area contributed by atoms with Gasteiger partial charge in [-0.25, -0.2) is 0 Å². The smallest absolute Gasteiger partial charge is 0.0645 e. The van der Waals surface area contributed by atoms with E-state index in [1.807, 2.05) is 6.07 Å². The Bertz CT molecular complexity index is 7900. The molecule has 620 valence electrons. The number of rotatable bonds is 8. The largest absolute Gasteiger partial charge is 0.309 e. The Morgan fingerprint density at radius 1 is 0.248 bits per heavy atom. The molecule has 0 radical (unpaired) electrons. The van der Waals surface area contributed by atoms with Crippen LogP contribution >= 0.6 is 11.3 Å². The van der Waals surface area contributed by atoms with E-state index in [0.717, 1.165) is 149 Å². The van der Waals surface area contributed by atoms with Crippen LogP contribution in [0.25, 0.3) is 136 Å². The first-order chi connectivity index (χ1) is 62.7. The fourth-order valence-electron chi connectivity index (χ4n) is 19.8. The summed E-state index contributed by atoms with van der Waals surface area (Å²) < 4.78 is 86.1. The normalized spacial score (nSPS) is 15.1. The van der Waals surface area contributed by atoms with Crippen molar-refractivity contribution in [2.24, 2.45) is 0 Å². The van der Waals surface area contributed by atoms with E-state index in [4.69, 9.17) is 0 Å². The van der Waals surface area contributed by atoms with Crippen LogP contribution in [0.15, 0.2) is 297 Å². The van der Waals surface area contributed by atoms with Crippen LogP contribution in [0.4, 0.5) is 34.1 Å².